The summed E-state index contributed by atoms with van der Waals surface area (Å²) in [4.78, 5) is 0. The van der Waals surface area contributed by atoms with Crippen LogP contribution in [0.25, 0.3) is 0 Å². The molecule has 100 valence electrons. The first-order valence-electron chi connectivity index (χ1n) is 7.11. The smallest absolute Gasteiger partial charge is 0.0509 e. The predicted molar refractivity (Wildman–Crippen MR) is 75.9 cm³/mol. The summed E-state index contributed by atoms with van der Waals surface area (Å²) in [5.41, 5.74) is 2.89. The van der Waals surface area contributed by atoms with Crippen molar-refractivity contribution in [3.05, 3.63) is 35.4 Å². The number of nitrogens with one attached hydrogen (secondary N) is 1. The van der Waals surface area contributed by atoms with Gasteiger partial charge in [0.1, 0.15) is 0 Å². The third-order valence-corrected chi connectivity index (χ3v) is 4.12. The lowest BCUT2D eigenvalue weighted by molar-refractivity contribution is 0.0392. The van der Waals surface area contributed by atoms with E-state index in [4.69, 9.17) is 4.74 Å². The zero-order valence-electron chi connectivity index (χ0n) is 11.6. The largest absolute Gasteiger partial charge is 0.381 e. The minimum Gasteiger partial charge on any atom is -0.381 e. The maximum absolute atomic E-state index is 5.60. The molecule has 2 atom stereocenters. The fraction of sp³-hybridized carbons (Fsp3) is 0.625. The van der Waals surface area contributed by atoms with E-state index in [1.807, 2.05) is 0 Å². The first-order chi connectivity index (χ1) is 8.81. The summed E-state index contributed by atoms with van der Waals surface area (Å²) in [6.07, 6.45) is 4.89. The van der Waals surface area contributed by atoms with E-state index in [0.717, 1.165) is 19.6 Å². The quantitative estimate of drug-likeness (QED) is 0.864. The standard InChI is InChI=1S/C16H25NO/c1-13-6-3-4-7-14(13)9-10-16(17-2)15-8-5-11-18-12-15/h3-4,6-7,15-17H,5,8-12H2,1-2H3. The summed E-state index contributed by atoms with van der Waals surface area (Å²) in [6, 6.07) is 9.29. The Bertz CT molecular complexity index is 358. The average molecular weight is 247 g/mol. The van der Waals surface area contributed by atoms with Gasteiger partial charge in [-0.15, -0.1) is 0 Å². The predicted octanol–water partition coefficient (Wildman–Crippen LogP) is 2.94. The Kier molecular flexibility index (Phi) is 5.21. The molecule has 0 aromatic heterocycles. The third kappa shape index (κ3) is 3.56. The molecule has 1 aliphatic rings. The van der Waals surface area contributed by atoms with Crippen LogP contribution in [0.1, 0.15) is 30.4 Å². The van der Waals surface area contributed by atoms with Crippen molar-refractivity contribution in [1.82, 2.24) is 5.32 Å². The molecule has 0 radical (unpaired) electrons. The molecule has 2 rings (SSSR count). The van der Waals surface area contributed by atoms with Gasteiger partial charge in [0.2, 0.25) is 0 Å². The molecular formula is C16H25NO. The van der Waals surface area contributed by atoms with Crippen molar-refractivity contribution < 1.29 is 4.74 Å². The molecule has 18 heavy (non-hydrogen) atoms. The van der Waals surface area contributed by atoms with E-state index in [-0.39, 0.29) is 0 Å². The molecule has 1 heterocycles. The molecule has 1 N–H and O–H groups in total. The maximum atomic E-state index is 5.60. The number of hydrogen-bond acceptors (Lipinski definition) is 2. The van der Waals surface area contributed by atoms with Crippen molar-refractivity contribution in [3.63, 3.8) is 0 Å². The summed E-state index contributed by atoms with van der Waals surface area (Å²) in [5, 5.41) is 3.48. The Hall–Kier alpha value is -0.860. The van der Waals surface area contributed by atoms with Crippen molar-refractivity contribution in [3.8, 4) is 0 Å². The number of benzene rings is 1. The Morgan fingerprint density at radius 2 is 2.22 bits per heavy atom. The van der Waals surface area contributed by atoms with Crippen LogP contribution in [-0.4, -0.2) is 26.3 Å². The van der Waals surface area contributed by atoms with Crippen molar-refractivity contribution >= 4 is 0 Å². The highest BCUT2D eigenvalue weighted by Gasteiger charge is 2.22. The summed E-state index contributed by atoms with van der Waals surface area (Å²) < 4.78 is 5.60. The molecular weight excluding hydrogens is 222 g/mol. The molecule has 0 saturated carbocycles. The lowest BCUT2D eigenvalue weighted by Crippen LogP contribution is -2.38. The fourth-order valence-corrected chi connectivity index (χ4v) is 2.90. The van der Waals surface area contributed by atoms with E-state index in [1.165, 1.54) is 30.4 Å². The Labute approximate surface area is 111 Å². The minimum atomic E-state index is 0.588. The second kappa shape index (κ2) is 6.91. The molecule has 1 aliphatic heterocycles. The van der Waals surface area contributed by atoms with Gasteiger partial charge in [-0.1, -0.05) is 24.3 Å². The molecule has 2 heteroatoms. The highest BCUT2D eigenvalue weighted by Crippen LogP contribution is 2.21. The van der Waals surface area contributed by atoms with Crippen LogP contribution in [0, 0.1) is 12.8 Å². The molecule has 1 aromatic rings. The number of hydrogen-bond donors (Lipinski definition) is 1. The van der Waals surface area contributed by atoms with Crippen molar-refractivity contribution in [2.45, 2.75) is 38.6 Å². The molecule has 0 amide bonds. The van der Waals surface area contributed by atoms with Gasteiger partial charge in [0.05, 0.1) is 6.61 Å². The highest BCUT2D eigenvalue weighted by molar-refractivity contribution is 5.25. The summed E-state index contributed by atoms with van der Waals surface area (Å²) in [5.74, 6) is 0.688. The Balaban J connectivity index is 1.88. The van der Waals surface area contributed by atoms with Crippen LogP contribution in [0.4, 0.5) is 0 Å². The van der Waals surface area contributed by atoms with Crippen molar-refractivity contribution in [1.29, 1.82) is 0 Å². The monoisotopic (exact) mass is 247 g/mol. The minimum absolute atomic E-state index is 0.588. The number of ether oxygens (including phenoxy) is 1. The van der Waals surface area contributed by atoms with Crippen LogP contribution in [0.3, 0.4) is 0 Å². The summed E-state index contributed by atoms with van der Waals surface area (Å²) in [7, 11) is 2.08. The van der Waals surface area contributed by atoms with Gasteiger partial charge in [-0.25, -0.2) is 0 Å². The van der Waals surface area contributed by atoms with E-state index in [0.29, 0.717) is 12.0 Å². The fourth-order valence-electron chi connectivity index (χ4n) is 2.90. The van der Waals surface area contributed by atoms with Crippen LogP contribution >= 0.6 is 0 Å². The van der Waals surface area contributed by atoms with Crippen molar-refractivity contribution in [2.75, 3.05) is 20.3 Å². The molecule has 0 spiro atoms. The van der Waals surface area contributed by atoms with Gasteiger partial charge in [-0.3, -0.25) is 0 Å². The molecule has 0 aliphatic carbocycles. The van der Waals surface area contributed by atoms with E-state index in [9.17, 15) is 0 Å². The molecule has 1 saturated heterocycles. The normalized spacial score (nSPS) is 21.8. The number of rotatable bonds is 5. The van der Waals surface area contributed by atoms with E-state index >= 15 is 0 Å². The van der Waals surface area contributed by atoms with Crippen LogP contribution in [0.2, 0.25) is 0 Å². The van der Waals surface area contributed by atoms with Gasteiger partial charge in [-0.2, -0.15) is 0 Å². The third-order valence-electron chi connectivity index (χ3n) is 4.12. The van der Waals surface area contributed by atoms with E-state index < -0.39 is 0 Å². The van der Waals surface area contributed by atoms with Crippen LogP contribution in [-0.2, 0) is 11.2 Å². The molecule has 1 fully saturated rings. The number of aryl methyl sites for hydroxylation is 2. The maximum Gasteiger partial charge on any atom is 0.0509 e. The van der Waals surface area contributed by atoms with E-state index in [2.05, 4.69) is 43.6 Å². The molecule has 2 nitrogen and oxygen atoms in total. The van der Waals surface area contributed by atoms with Gasteiger partial charge in [-0.05, 0) is 56.7 Å². The zero-order valence-corrected chi connectivity index (χ0v) is 11.6. The van der Waals surface area contributed by atoms with Gasteiger partial charge < -0.3 is 10.1 Å². The summed E-state index contributed by atoms with van der Waals surface area (Å²) in [6.45, 7) is 4.08. The van der Waals surface area contributed by atoms with Crippen LogP contribution in [0.15, 0.2) is 24.3 Å². The highest BCUT2D eigenvalue weighted by atomic mass is 16.5. The van der Waals surface area contributed by atoms with Crippen LogP contribution < -0.4 is 5.32 Å². The lowest BCUT2D eigenvalue weighted by atomic mass is 9.89. The molecule has 1 aromatic carbocycles. The van der Waals surface area contributed by atoms with Crippen LogP contribution in [0.5, 0.6) is 0 Å². The topological polar surface area (TPSA) is 21.3 Å². The molecule has 0 bridgehead atoms. The second-order valence-electron chi connectivity index (χ2n) is 5.34. The van der Waals surface area contributed by atoms with Gasteiger partial charge in [0.25, 0.3) is 0 Å². The molecule has 2 unspecified atom stereocenters. The second-order valence-corrected chi connectivity index (χ2v) is 5.34. The van der Waals surface area contributed by atoms with Gasteiger partial charge >= 0.3 is 0 Å². The Morgan fingerprint density at radius 3 is 2.89 bits per heavy atom. The average Bonchev–Trinajstić information content (AvgIpc) is 2.42. The van der Waals surface area contributed by atoms with E-state index in [1.54, 1.807) is 0 Å². The first-order valence-corrected chi connectivity index (χ1v) is 7.11. The first kappa shape index (κ1) is 13.6. The summed E-state index contributed by atoms with van der Waals surface area (Å²) >= 11 is 0. The van der Waals surface area contributed by atoms with Crippen molar-refractivity contribution in [2.24, 2.45) is 5.92 Å². The van der Waals surface area contributed by atoms with Gasteiger partial charge in [0, 0.05) is 12.6 Å². The zero-order chi connectivity index (χ0) is 12.8. The van der Waals surface area contributed by atoms with Gasteiger partial charge in [0.15, 0.2) is 0 Å². The lowest BCUT2D eigenvalue weighted by Gasteiger charge is -2.30. The SMILES string of the molecule is CNC(CCc1ccccc1C)C1CCCOC1. The Morgan fingerprint density at radius 1 is 1.39 bits per heavy atom.